The molecular formula is C30H40N8. The Morgan fingerprint density at radius 1 is 1.13 bits per heavy atom. The van der Waals surface area contributed by atoms with Crippen molar-refractivity contribution in [1.29, 1.82) is 0 Å². The highest BCUT2D eigenvalue weighted by Crippen LogP contribution is 2.25. The number of nitrogens with two attached hydrogens (primary N) is 1. The molecule has 8 nitrogen and oxygen atoms in total. The molecule has 1 aliphatic heterocycles. The van der Waals surface area contributed by atoms with Crippen molar-refractivity contribution in [3.05, 3.63) is 77.0 Å². The van der Waals surface area contributed by atoms with Crippen molar-refractivity contribution in [2.24, 2.45) is 11.7 Å². The lowest BCUT2D eigenvalue weighted by molar-refractivity contribution is 0.599. The van der Waals surface area contributed by atoms with E-state index in [4.69, 9.17) is 20.7 Å². The number of anilines is 4. The number of rotatable bonds is 10. The van der Waals surface area contributed by atoms with Gasteiger partial charge in [-0.1, -0.05) is 62.4 Å². The zero-order chi connectivity index (χ0) is 27.2. The Labute approximate surface area is 226 Å². The van der Waals surface area contributed by atoms with Crippen molar-refractivity contribution in [3.8, 4) is 0 Å². The second-order valence-electron chi connectivity index (χ2n) is 10.7. The van der Waals surface area contributed by atoms with Gasteiger partial charge in [0, 0.05) is 43.5 Å². The van der Waals surface area contributed by atoms with E-state index in [2.05, 4.69) is 78.2 Å². The summed E-state index contributed by atoms with van der Waals surface area (Å²) in [6.45, 7) is 13.9. The van der Waals surface area contributed by atoms with E-state index < -0.39 is 0 Å². The third kappa shape index (κ3) is 7.12. The molecule has 0 spiro atoms. The lowest BCUT2D eigenvalue weighted by Crippen LogP contribution is -2.27. The number of hydrogen-bond donors (Lipinski definition) is 4. The molecule has 1 fully saturated rings. The van der Waals surface area contributed by atoms with Crippen LogP contribution in [-0.4, -0.2) is 47.2 Å². The van der Waals surface area contributed by atoms with Crippen LogP contribution in [0.3, 0.4) is 0 Å². The van der Waals surface area contributed by atoms with E-state index >= 15 is 0 Å². The number of aryl methyl sites for hydroxylation is 2. The first-order valence-electron chi connectivity index (χ1n) is 13.3. The number of hydrogen-bond acceptors (Lipinski definition) is 8. The van der Waals surface area contributed by atoms with E-state index in [0.717, 1.165) is 42.7 Å². The minimum Gasteiger partial charge on any atom is -0.392 e. The van der Waals surface area contributed by atoms with Crippen molar-refractivity contribution in [2.45, 2.75) is 52.6 Å². The Hall–Kier alpha value is -3.87. The van der Waals surface area contributed by atoms with Crippen LogP contribution in [0.1, 0.15) is 42.5 Å². The fourth-order valence-electron chi connectivity index (χ4n) is 4.71. The highest BCUT2D eigenvalue weighted by atomic mass is 15.3. The Balaban J connectivity index is 1.54. The Bertz CT molecular complexity index is 1290. The number of benzene rings is 2. The van der Waals surface area contributed by atoms with Gasteiger partial charge in [-0.3, -0.25) is 0 Å². The molecule has 1 saturated heterocycles. The van der Waals surface area contributed by atoms with Crippen LogP contribution in [0.2, 0.25) is 0 Å². The first-order valence-corrected chi connectivity index (χ1v) is 13.3. The average Bonchev–Trinajstić information content (AvgIpc) is 3.32. The van der Waals surface area contributed by atoms with Gasteiger partial charge in [0.2, 0.25) is 17.8 Å². The normalized spacial score (nSPS) is 16.8. The molecule has 0 radical (unpaired) electrons. The van der Waals surface area contributed by atoms with Crippen molar-refractivity contribution in [3.63, 3.8) is 0 Å². The van der Waals surface area contributed by atoms with Gasteiger partial charge in [-0.05, 0) is 49.8 Å². The number of aromatic nitrogens is 3. The zero-order valence-electron chi connectivity index (χ0n) is 23.2. The van der Waals surface area contributed by atoms with Crippen LogP contribution in [0.5, 0.6) is 0 Å². The third-order valence-corrected chi connectivity index (χ3v) is 6.75. The van der Waals surface area contributed by atoms with Gasteiger partial charge in [-0.15, -0.1) is 5.73 Å². The largest absolute Gasteiger partial charge is 0.392 e. The molecular weight excluding hydrogens is 472 g/mol. The molecule has 0 bridgehead atoms. The van der Waals surface area contributed by atoms with Crippen LogP contribution in [0, 0.1) is 19.8 Å². The molecule has 38 heavy (non-hydrogen) atoms. The van der Waals surface area contributed by atoms with Crippen molar-refractivity contribution in [2.75, 3.05) is 35.7 Å². The maximum Gasteiger partial charge on any atom is 0.233 e. The summed E-state index contributed by atoms with van der Waals surface area (Å²) in [6.07, 6.45) is 2.00. The quantitative estimate of drug-likeness (QED) is 0.287. The van der Waals surface area contributed by atoms with E-state index in [1.165, 1.54) is 11.1 Å². The molecule has 5 N–H and O–H groups in total. The third-order valence-electron chi connectivity index (χ3n) is 6.75. The van der Waals surface area contributed by atoms with Gasteiger partial charge in [-0.25, -0.2) is 0 Å². The monoisotopic (exact) mass is 512 g/mol. The molecule has 0 aliphatic carbocycles. The second-order valence-corrected chi connectivity index (χ2v) is 10.7. The molecule has 0 amide bonds. The van der Waals surface area contributed by atoms with Crippen molar-refractivity contribution in [1.82, 2.24) is 20.3 Å². The van der Waals surface area contributed by atoms with Crippen LogP contribution in [0.15, 0.2) is 54.8 Å². The Kier molecular flexibility index (Phi) is 8.66. The van der Waals surface area contributed by atoms with Gasteiger partial charge < -0.3 is 26.6 Å². The predicted octanol–water partition coefficient (Wildman–Crippen LogP) is 4.79. The molecule has 2 unspecified atom stereocenters. The number of nitrogens with zero attached hydrogens (tertiary/aromatic N) is 4. The van der Waals surface area contributed by atoms with E-state index in [-0.39, 0.29) is 6.04 Å². The van der Waals surface area contributed by atoms with Crippen LogP contribution < -0.4 is 26.6 Å². The average molecular weight is 513 g/mol. The molecule has 1 aromatic heterocycles. The van der Waals surface area contributed by atoms with Crippen molar-refractivity contribution < 1.29 is 0 Å². The molecule has 0 saturated carbocycles. The highest BCUT2D eigenvalue weighted by molar-refractivity contribution is 5.70. The maximum atomic E-state index is 6.05. The van der Waals surface area contributed by atoms with E-state index in [9.17, 15) is 0 Å². The summed E-state index contributed by atoms with van der Waals surface area (Å²) < 4.78 is 0. The standard InChI is InChI=1S/C30H40N8/c1-7-26(31)23-13-10-21(5)27(15-23)34-29-35-28(36-30(37-29)38(6)18-19(2)3)33-25-16-24(32-17-25)14-22-11-8-20(4)9-12-22/h8-13,15,19,24-25,32H,1,14,16-18,31H2,2-6H3,(H2,33,34,35,36,37). The van der Waals surface area contributed by atoms with Crippen LogP contribution in [0.25, 0.3) is 5.70 Å². The molecule has 3 aromatic rings. The molecule has 2 atom stereocenters. The first kappa shape index (κ1) is 27.2. The summed E-state index contributed by atoms with van der Waals surface area (Å²) in [5.74, 6) is 2.14. The van der Waals surface area contributed by atoms with Crippen molar-refractivity contribution >= 4 is 29.2 Å². The molecule has 200 valence electrons. The molecule has 2 aromatic carbocycles. The van der Waals surface area contributed by atoms with E-state index in [1.807, 2.05) is 32.2 Å². The SMILES string of the molecule is C=C=C(N)c1ccc(C)c(Nc2nc(NC3CNC(Cc4ccc(C)cc4)C3)nc(N(C)CC(C)C)n2)c1. The topological polar surface area (TPSA) is 104 Å². The second kappa shape index (κ2) is 12.1. The number of nitrogens with one attached hydrogen (secondary N) is 3. The summed E-state index contributed by atoms with van der Waals surface area (Å²) in [6, 6.07) is 15.3. The zero-order valence-corrected chi connectivity index (χ0v) is 23.2. The van der Waals surface area contributed by atoms with Crippen LogP contribution >= 0.6 is 0 Å². The van der Waals surface area contributed by atoms with Crippen LogP contribution in [0.4, 0.5) is 23.5 Å². The fraction of sp³-hybridized carbons (Fsp3) is 0.400. The summed E-state index contributed by atoms with van der Waals surface area (Å²) in [4.78, 5) is 16.3. The summed E-state index contributed by atoms with van der Waals surface area (Å²) in [5.41, 5.74) is 14.7. The van der Waals surface area contributed by atoms with Gasteiger partial charge in [-0.2, -0.15) is 15.0 Å². The smallest absolute Gasteiger partial charge is 0.233 e. The predicted molar refractivity (Wildman–Crippen MR) is 158 cm³/mol. The molecule has 2 heterocycles. The van der Waals surface area contributed by atoms with Gasteiger partial charge in [0.05, 0.1) is 5.70 Å². The maximum absolute atomic E-state index is 6.05. The first-order chi connectivity index (χ1) is 18.2. The summed E-state index contributed by atoms with van der Waals surface area (Å²) in [5, 5.41) is 10.6. The summed E-state index contributed by atoms with van der Waals surface area (Å²) in [7, 11) is 2.01. The van der Waals surface area contributed by atoms with Gasteiger partial charge >= 0.3 is 0 Å². The molecule has 4 rings (SSSR count). The van der Waals surface area contributed by atoms with E-state index in [0.29, 0.717) is 35.5 Å². The minimum absolute atomic E-state index is 0.228. The lowest BCUT2D eigenvalue weighted by atomic mass is 10.0. The van der Waals surface area contributed by atoms with Gasteiger partial charge in [0.15, 0.2) is 0 Å². The minimum atomic E-state index is 0.228. The lowest BCUT2D eigenvalue weighted by Gasteiger charge is -2.21. The molecule has 1 aliphatic rings. The highest BCUT2D eigenvalue weighted by Gasteiger charge is 2.25. The van der Waals surface area contributed by atoms with Crippen LogP contribution in [-0.2, 0) is 6.42 Å². The Morgan fingerprint density at radius 2 is 1.87 bits per heavy atom. The Morgan fingerprint density at radius 3 is 2.58 bits per heavy atom. The van der Waals surface area contributed by atoms with Gasteiger partial charge in [0.25, 0.3) is 0 Å². The van der Waals surface area contributed by atoms with E-state index in [1.54, 1.807) is 0 Å². The summed E-state index contributed by atoms with van der Waals surface area (Å²) >= 11 is 0. The van der Waals surface area contributed by atoms with Gasteiger partial charge in [0.1, 0.15) is 0 Å². The fourth-order valence-corrected chi connectivity index (χ4v) is 4.71. The molecule has 8 heteroatoms.